The van der Waals surface area contributed by atoms with Crippen molar-refractivity contribution in [3.05, 3.63) is 34.9 Å². The van der Waals surface area contributed by atoms with Crippen molar-refractivity contribution in [3.63, 3.8) is 0 Å². The Bertz CT molecular complexity index is 511. The van der Waals surface area contributed by atoms with Gasteiger partial charge in [0.05, 0.1) is 5.56 Å². The Kier molecular flexibility index (Phi) is 1.86. The van der Waals surface area contributed by atoms with Gasteiger partial charge in [0.15, 0.2) is 0 Å². The summed E-state index contributed by atoms with van der Waals surface area (Å²) in [6.45, 7) is 1.35. The van der Waals surface area contributed by atoms with E-state index in [0.29, 0.717) is 0 Å². The van der Waals surface area contributed by atoms with Gasteiger partial charge in [0.1, 0.15) is 11.5 Å². The fraction of sp³-hybridized carbons (Fsp3) is 0.0909. The number of carbonyl (C=O) groups excluding carboxylic acids is 2. The molecule has 0 unspecified atom stereocenters. The highest BCUT2D eigenvalue weighted by Crippen LogP contribution is 2.33. The van der Waals surface area contributed by atoms with E-state index in [1.54, 1.807) is 0 Å². The number of rotatable bonds is 0. The van der Waals surface area contributed by atoms with E-state index in [1.807, 2.05) is 0 Å². The number of fused-ring (bicyclic) bond motifs is 1. The SMILES string of the molecule is CC1=C(O)c2c(O)cccc2C(=O)C1=O. The van der Waals surface area contributed by atoms with Gasteiger partial charge in [-0.2, -0.15) is 0 Å². The summed E-state index contributed by atoms with van der Waals surface area (Å²) in [6.07, 6.45) is 0. The number of aliphatic hydroxyl groups excluding tert-OH is 1. The van der Waals surface area contributed by atoms with Crippen LogP contribution in [0, 0.1) is 0 Å². The molecule has 4 nitrogen and oxygen atoms in total. The number of benzene rings is 1. The molecule has 4 heteroatoms. The molecule has 0 aliphatic heterocycles. The van der Waals surface area contributed by atoms with Crippen LogP contribution in [0.15, 0.2) is 23.8 Å². The molecule has 1 aromatic carbocycles. The molecule has 1 aromatic rings. The van der Waals surface area contributed by atoms with Crippen molar-refractivity contribution < 1.29 is 19.8 Å². The second-order valence-corrected chi connectivity index (χ2v) is 3.33. The van der Waals surface area contributed by atoms with Crippen LogP contribution in [0.2, 0.25) is 0 Å². The first-order chi connectivity index (χ1) is 7.04. The van der Waals surface area contributed by atoms with Gasteiger partial charge in [-0.15, -0.1) is 0 Å². The van der Waals surface area contributed by atoms with E-state index >= 15 is 0 Å². The summed E-state index contributed by atoms with van der Waals surface area (Å²) in [6, 6.07) is 4.20. The molecule has 0 atom stereocenters. The van der Waals surface area contributed by atoms with Gasteiger partial charge in [0.25, 0.3) is 0 Å². The molecule has 76 valence electrons. The summed E-state index contributed by atoms with van der Waals surface area (Å²) in [5, 5.41) is 19.1. The predicted molar refractivity (Wildman–Crippen MR) is 52.7 cm³/mol. The van der Waals surface area contributed by atoms with Crippen LogP contribution in [-0.4, -0.2) is 21.8 Å². The average molecular weight is 204 g/mol. The van der Waals surface area contributed by atoms with Gasteiger partial charge in [-0.25, -0.2) is 0 Å². The maximum atomic E-state index is 11.5. The Balaban J connectivity index is 2.84. The van der Waals surface area contributed by atoms with Crippen LogP contribution < -0.4 is 0 Å². The Morgan fingerprint density at radius 2 is 1.73 bits per heavy atom. The predicted octanol–water partition coefficient (Wildman–Crippen LogP) is 1.45. The minimum atomic E-state index is -0.731. The van der Waals surface area contributed by atoms with Crippen LogP contribution in [-0.2, 0) is 4.79 Å². The number of hydrogen-bond acceptors (Lipinski definition) is 4. The molecule has 1 aliphatic carbocycles. The number of phenolic OH excluding ortho intramolecular Hbond substituents is 1. The smallest absolute Gasteiger partial charge is 0.234 e. The highest BCUT2D eigenvalue weighted by atomic mass is 16.3. The van der Waals surface area contributed by atoms with Crippen LogP contribution in [0.1, 0.15) is 22.8 Å². The summed E-state index contributed by atoms with van der Waals surface area (Å²) in [5.41, 5.74) is 0.0525. The van der Waals surface area contributed by atoms with Crippen molar-refractivity contribution >= 4 is 17.3 Å². The summed E-state index contributed by atoms with van der Waals surface area (Å²) < 4.78 is 0. The number of hydrogen-bond donors (Lipinski definition) is 2. The zero-order chi connectivity index (χ0) is 11.2. The van der Waals surface area contributed by atoms with Crippen molar-refractivity contribution in [2.45, 2.75) is 6.92 Å². The lowest BCUT2D eigenvalue weighted by molar-refractivity contribution is -0.111. The fourth-order valence-corrected chi connectivity index (χ4v) is 1.57. The summed E-state index contributed by atoms with van der Waals surface area (Å²) in [5.74, 6) is -1.96. The highest BCUT2D eigenvalue weighted by molar-refractivity contribution is 6.52. The highest BCUT2D eigenvalue weighted by Gasteiger charge is 2.31. The maximum Gasteiger partial charge on any atom is 0.234 e. The van der Waals surface area contributed by atoms with Gasteiger partial charge in [0.2, 0.25) is 11.6 Å². The zero-order valence-electron chi connectivity index (χ0n) is 7.94. The van der Waals surface area contributed by atoms with Crippen LogP contribution in [0.4, 0.5) is 0 Å². The third-order valence-electron chi connectivity index (χ3n) is 2.43. The Morgan fingerprint density at radius 3 is 2.40 bits per heavy atom. The molecule has 0 saturated heterocycles. The fourth-order valence-electron chi connectivity index (χ4n) is 1.57. The van der Waals surface area contributed by atoms with E-state index in [9.17, 15) is 19.8 Å². The standard InChI is InChI=1S/C11H8O4/c1-5-9(13)8-6(11(15)10(5)14)3-2-4-7(8)12/h2-4,12-13H,1H3. The molecular weight excluding hydrogens is 196 g/mol. The van der Waals surface area contributed by atoms with Crippen LogP contribution in [0.25, 0.3) is 5.76 Å². The molecule has 0 saturated carbocycles. The number of Topliss-reactive ketones (excluding diaryl/α,β-unsaturated/α-hetero) is 2. The molecule has 0 heterocycles. The molecule has 0 spiro atoms. The van der Waals surface area contributed by atoms with Gasteiger partial charge in [0, 0.05) is 11.1 Å². The van der Waals surface area contributed by atoms with Gasteiger partial charge in [-0.3, -0.25) is 9.59 Å². The van der Waals surface area contributed by atoms with Crippen LogP contribution in [0.3, 0.4) is 0 Å². The molecule has 0 bridgehead atoms. The van der Waals surface area contributed by atoms with E-state index in [2.05, 4.69) is 0 Å². The molecule has 0 aromatic heterocycles. The molecule has 0 radical (unpaired) electrons. The Morgan fingerprint density at radius 1 is 1.07 bits per heavy atom. The topological polar surface area (TPSA) is 74.6 Å². The van der Waals surface area contributed by atoms with E-state index in [1.165, 1.54) is 25.1 Å². The number of aliphatic hydroxyl groups is 1. The molecule has 0 fully saturated rings. The molecule has 0 amide bonds. The van der Waals surface area contributed by atoms with E-state index < -0.39 is 11.6 Å². The number of ketones is 2. The van der Waals surface area contributed by atoms with Crippen molar-refractivity contribution in [1.29, 1.82) is 0 Å². The van der Waals surface area contributed by atoms with Gasteiger partial charge >= 0.3 is 0 Å². The third kappa shape index (κ3) is 1.15. The van der Waals surface area contributed by atoms with Gasteiger partial charge in [-0.05, 0) is 19.1 Å². The minimum Gasteiger partial charge on any atom is -0.507 e. The molecule has 2 rings (SSSR count). The van der Waals surface area contributed by atoms with E-state index in [0.717, 1.165) is 0 Å². The third-order valence-corrected chi connectivity index (χ3v) is 2.43. The summed E-state index contributed by atoms with van der Waals surface area (Å²) in [7, 11) is 0. The van der Waals surface area contributed by atoms with Crippen molar-refractivity contribution in [3.8, 4) is 5.75 Å². The van der Waals surface area contributed by atoms with Crippen LogP contribution >= 0.6 is 0 Å². The Hall–Kier alpha value is -2.10. The molecule has 1 aliphatic rings. The first-order valence-corrected chi connectivity index (χ1v) is 4.35. The number of phenols is 1. The maximum absolute atomic E-state index is 11.5. The van der Waals surface area contributed by atoms with E-state index in [4.69, 9.17) is 0 Å². The second-order valence-electron chi connectivity index (χ2n) is 3.33. The largest absolute Gasteiger partial charge is 0.507 e. The van der Waals surface area contributed by atoms with Crippen molar-refractivity contribution in [1.82, 2.24) is 0 Å². The van der Waals surface area contributed by atoms with Crippen molar-refractivity contribution in [2.24, 2.45) is 0 Å². The molecule has 2 N–H and O–H groups in total. The normalized spacial score (nSPS) is 15.5. The second kappa shape index (κ2) is 2.95. The van der Waals surface area contributed by atoms with Gasteiger partial charge in [-0.1, -0.05) is 6.07 Å². The lowest BCUT2D eigenvalue weighted by Gasteiger charge is -2.16. The first kappa shape index (κ1) is 9.45. The number of carbonyl (C=O) groups is 2. The monoisotopic (exact) mass is 204 g/mol. The summed E-state index contributed by atoms with van der Waals surface area (Å²) in [4.78, 5) is 22.9. The lowest BCUT2D eigenvalue weighted by atomic mass is 9.89. The van der Waals surface area contributed by atoms with Crippen LogP contribution in [0.5, 0.6) is 5.75 Å². The zero-order valence-corrected chi connectivity index (χ0v) is 7.94. The molecule has 15 heavy (non-hydrogen) atoms. The van der Waals surface area contributed by atoms with Gasteiger partial charge < -0.3 is 10.2 Å². The van der Waals surface area contributed by atoms with E-state index in [-0.39, 0.29) is 28.2 Å². The quantitative estimate of drug-likeness (QED) is 0.627. The molecular formula is C11H8O4. The average Bonchev–Trinajstić information content (AvgIpc) is 2.23. The lowest BCUT2D eigenvalue weighted by Crippen LogP contribution is -2.22. The Labute approximate surface area is 85.5 Å². The minimum absolute atomic E-state index is 0.0333. The van der Waals surface area contributed by atoms with Crippen molar-refractivity contribution in [2.75, 3.05) is 0 Å². The summed E-state index contributed by atoms with van der Waals surface area (Å²) >= 11 is 0. The first-order valence-electron chi connectivity index (χ1n) is 4.35. The number of aromatic hydroxyl groups is 1. The number of allylic oxidation sites excluding steroid dienone is 1.